The van der Waals surface area contributed by atoms with Crippen LogP contribution >= 0.6 is 0 Å². The van der Waals surface area contributed by atoms with E-state index in [1.807, 2.05) is 48.3 Å². The number of carbonyl (C=O) groups excluding carboxylic acids is 2. The molecule has 2 amide bonds. The predicted octanol–water partition coefficient (Wildman–Crippen LogP) is 4.28. The van der Waals surface area contributed by atoms with Gasteiger partial charge in [0.05, 0.1) is 24.8 Å². The van der Waals surface area contributed by atoms with Crippen molar-refractivity contribution in [3.63, 3.8) is 0 Å². The SMILES string of the molecule is COc1ccc(CC(=O)Nc2ccccc2C(=O)N(C)C2CCCCC2)cc1. The first-order valence-electron chi connectivity index (χ1n) is 9.87. The van der Waals surface area contributed by atoms with Gasteiger partial charge in [-0.2, -0.15) is 0 Å². The number of anilines is 1. The highest BCUT2D eigenvalue weighted by Gasteiger charge is 2.24. The standard InChI is InChI=1S/C23H28N2O3/c1-25(18-8-4-3-5-9-18)23(27)20-10-6-7-11-21(20)24-22(26)16-17-12-14-19(28-2)15-13-17/h6-7,10-15,18H,3-5,8-9,16H2,1-2H3,(H,24,26). The summed E-state index contributed by atoms with van der Waals surface area (Å²) in [6.45, 7) is 0. The van der Waals surface area contributed by atoms with Crippen molar-refractivity contribution in [2.75, 3.05) is 19.5 Å². The number of amides is 2. The number of ether oxygens (including phenoxy) is 1. The molecule has 0 atom stereocenters. The van der Waals surface area contributed by atoms with Crippen LogP contribution in [0.1, 0.15) is 48.0 Å². The van der Waals surface area contributed by atoms with E-state index in [0.717, 1.165) is 24.2 Å². The van der Waals surface area contributed by atoms with E-state index in [-0.39, 0.29) is 24.3 Å². The molecular formula is C23H28N2O3. The molecule has 3 rings (SSSR count). The Morgan fingerprint density at radius 1 is 1.04 bits per heavy atom. The van der Waals surface area contributed by atoms with E-state index >= 15 is 0 Å². The fraction of sp³-hybridized carbons (Fsp3) is 0.391. The Kier molecular flexibility index (Phi) is 6.69. The van der Waals surface area contributed by atoms with Crippen LogP contribution in [0.2, 0.25) is 0 Å². The predicted molar refractivity (Wildman–Crippen MR) is 111 cm³/mol. The molecule has 0 spiro atoms. The highest BCUT2D eigenvalue weighted by molar-refractivity contribution is 6.04. The van der Waals surface area contributed by atoms with Crippen molar-refractivity contribution >= 4 is 17.5 Å². The lowest BCUT2D eigenvalue weighted by Crippen LogP contribution is -2.38. The van der Waals surface area contributed by atoms with Crippen molar-refractivity contribution in [3.05, 3.63) is 59.7 Å². The zero-order valence-corrected chi connectivity index (χ0v) is 16.6. The summed E-state index contributed by atoms with van der Waals surface area (Å²) in [5.41, 5.74) is 1.99. The van der Waals surface area contributed by atoms with Crippen LogP contribution in [0.3, 0.4) is 0 Å². The maximum absolute atomic E-state index is 13.0. The minimum Gasteiger partial charge on any atom is -0.497 e. The van der Waals surface area contributed by atoms with Crippen LogP contribution in [0.5, 0.6) is 5.75 Å². The van der Waals surface area contributed by atoms with Gasteiger partial charge in [0.15, 0.2) is 0 Å². The molecule has 1 fully saturated rings. The zero-order chi connectivity index (χ0) is 19.9. The lowest BCUT2D eigenvalue weighted by molar-refractivity contribution is -0.115. The molecule has 2 aromatic rings. The fourth-order valence-electron chi connectivity index (χ4n) is 3.73. The van der Waals surface area contributed by atoms with E-state index in [2.05, 4.69) is 5.32 Å². The first-order chi connectivity index (χ1) is 13.6. The fourth-order valence-corrected chi connectivity index (χ4v) is 3.73. The minimum atomic E-state index is -0.147. The quantitative estimate of drug-likeness (QED) is 0.814. The van der Waals surface area contributed by atoms with Crippen molar-refractivity contribution in [3.8, 4) is 5.75 Å². The van der Waals surface area contributed by atoms with Gasteiger partial charge < -0.3 is 15.0 Å². The highest BCUT2D eigenvalue weighted by atomic mass is 16.5. The Balaban J connectivity index is 1.68. The molecule has 0 heterocycles. The van der Waals surface area contributed by atoms with Crippen LogP contribution in [0.15, 0.2) is 48.5 Å². The van der Waals surface area contributed by atoms with E-state index in [1.165, 1.54) is 19.3 Å². The van der Waals surface area contributed by atoms with Gasteiger partial charge in [-0.25, -0.2) is 0 Å². The molecular weight excluding hydrogens is 352 g/mol. The summed E-state index contributed by atoms with van der Waals surface area (Å²) in [6, 6.07) is 14.9. The first-order valence-corrected chi connectivity index (χ1v) is 9.87. The maximum atomic E-state index is 13.0. The van der Waals surface area contributed by atoms with Crippen LogP contribution in [0, 0.1) is 0 Å². The average Bonchev–Trinajstić information content (AvgIpc) is 2.74. The Morgan fingerprint density at radius 3 is 2.39 bits per heavy atom. The average molecular weight is 380 g/mol. The van der Waals surface area contributed by atoms with Crippen LogP contribution < -0.4 is 10.1 Å². The van der Waals surface area contributed by atoms with Crippen LogP contribution in [0.4, 0.5) is 5.69 Å². The Bertz CT molecular complexity index is 811. The van der Waals surface area contributed by atoms with Gasteiger partial charge in [0.1, 0.15) is 5.75 Å². The summed E-state index contributed by atoms with van der Waals surface area (Å²) >= 11 is 0. The maximum Gasteiger partial charge on any atom is 0.255 e. The van der Waals surface area contributed by atoms with E-state index in [1.54, 1.807) is 19.2 Å². The van der Waals surface area contributed by atoms with Crippen LogP contribution in [0.25, 0.3) is 0 Å². The molecule has 1 N–H and O–H groups in total. The van der Waals surface area contributed by atoms with E-state index in [0.29, 0.717) is 11.3 Å². The van der Waals surface area contributed by atoms with Crippen LogP contribution in [-0.4, -0.2) is 36.9 Å². The van der Waals surface area contributed by atoms with Crippen molar-refractivity contribution in [1.82, 2.24) is 4.90 Å². The molecule has 0 saturated heterocycles. The number of carbonyl (C=O) groups is 2. The number of nitrogens with one attached hydrogen (secondary N) is 1. The smallest absolute Gasteiger partial charge is 0.255 e. The number of hydrogen-bond donors (Lipinski definition) is 1. The molecule has 1 aliphatic carbocycles. The molecule has 1 aliphatic rings. The van der Waals surface area contributed by atoms with Crippen molar-refractivity contribution in [2.45, 2.75) is 44.6 Å². The number of methoxy groups -OCH3 is 1. The molecule has 1 saturated carbocycles. The minimum absolute atomic E-state index is 0.0350. The van der Waals surface area contributed by atoms with Gasteiger partial charge in [0, 0.05) is 13.1 Å². The largest absolute Gasteiger partial charge is 0.497 e. The summed E-state index contributed by atoms with van der Waals surface area (Å²) in [5, 5.41) is 2.91. The molecule has 5 heteroatoms. The van der Waals surface area contributed by atoms with E-state index < -0.39 is 0 Å². The summed E-state index contributed by atoms with van der Waals surface area (Å²) in [6.07, 6.45) is 5.93. The third-order valence-corrected chi connectivity index (χ3v) is 5.40. The Hall–Kier alpha value is -2.82. The molecule has 0 radical (unpaired) electrons. The first kappa shape index (κ1) is 19.9. The molecule has 5 nitrogen and oxygen atoms in total. The number of nitrogens with zero attached hydrogens (tertiary/aromatic N) is 1. The lowest BCUT2D eigenvalue weighted by Gasteiger charge is -2.31. The van der Waals surface area contributed by atoms with E-state index in [9.17, 15) is 9.59 Å². The van der Waals surface area contributed by atoms with Gasteiger partial charge >= 0.3 is 0 Å². The zero-order valence-electron chi connectivity index (χ0n) is 16.6. The number of benzene rings is 2. The summed E-state index contributed by atoms with van der Waals surface area (Å²) < 4.78 is 5.14. The third-order valence-electron chi connectivity index (χ3n) is 5.40. The monoisotopic (exact) mass is 380 g/mol. The highest BCUT2D eigenvalue weighted by Crippen LogP contribution is 2.25. The van der Waals surface area contributed by atoms with Gasteiger partial charge in [-0.15, -0.1) is 0 Å². The number of para-hydroxylation sites is 1. The van der Waals surface area contributed by atoms with Gasteiger partial charge in [-0.05, 0) is 42.7 Å². The molecule has 2 aromatic carbocycles. The van der Waals surface area contributed by atoms with Gasteiger partial charge in [-0.3, -0.25) is 9.59 Å². The topological polar surface area (TPSA) is 58.6 Å². The van der Waals surface area contributed by atoms with Crippen molar-refractivity contribution < 1.29 is 14.3 Å². The second-order valence-electron chi connectivity index (χ2n) is 7.33. The van der Waals surface area contributed by atoms with Crippen LogP contribution in [-0.2, 0) is 11.2 Å². The van der Waals surface area contributed by atoms with Gasteiger partial charge in [0.2, 0.25) is 5.91 Å². The molecule has 0 unspecified atom stereocenters. The lowest BCUT2D eigenvalue weighted by atomic mass is 9.94. The van der Waals surface area contributed by atoms with Crippen molar-refractivity contribution in [1.29, 1.82) is 0 Å². The van der Waals surface area contributed by atoms with Gasteiger partial charge in [-0.1, -0.05) is 43.5 Å². The number of hydrogen-bond acceptors (Lipinski definition) is 3. The van der Waals surface area contributed by atoms with E-state index in [4.69, 9.17) is 4.74 Å². The second kappa shape index (κ2) is 9.40. The third kappa shape index (κ3) is 4.91. The normalized spacial score (nSPS) is 14.4. The number of rotatable bonds is 6. The molecule has 0 aliphatic heterocycles. The Morgan fingerprint density at radius 2 is 1.71 bits per heavy atom. The van der Waals surface area contributed by atoms with Crippen molar-refractivity contribution in [2.24, 2.45) is 0 Å². The molecule has 148 valence electrons. The van der Waals surface area contributed by atoms with Gasteiger partial charge in [0.25, 0.3) is 5.91 Å². The summed E-state index contributed by atoms with van der Waals surface area (Å²) in [4.78, 5) is 27.4. The molecule has 0 bridgehead atoms. The summed E-state index contributed by atoms with van der Waals surface area (Å²) in [5.74, 6) is 0.573. The second-order valence-corrected chi connectivity index (χ2v) is 7.33. The summed E-state index contributed by atoms with van der Waals surface area (Å²) in [7, 11) is 3.48. The molecule has 0 aromatic heterocycles. The molecule has 28 heavy (non-hydrogen) atoms. The Labute approximate surface area is 166 Å².